The summed E-state index contributed by atoms with van der Waals surface area (Å²) in [5.74, 6) is -1.14. The molecule has 1 rings (SSSR count). The summed E-state index contributed by atoms with van der Waals surface area (Å²) in [6.45, 7) is -0.678. The van der Waals surface area contributed by atoms with Gasteiger partial charge in [0, 0.05) is 5.56 Å². The number of nitrogens with one attached hydrogen (secondary N) is 1. The third kappa shape index (κ3) is 4.79. The van der Waals surface area contributed by atoms with Gasteiger partial charge in [-0.15, -0.1) is 0 Å². The SMILES string of the molecule is NC(=S)c1ccc(OCC(=O)NCC(=O)O)cc1. The molecule has 0 heterocycles. The molecule has 0 saturated heterocycles. The van der Waals surface area contributed by atoms with Gasteiger partial charge in [-0.25, -0.2) is 0 Å². The summed E-state index contributed by atoms with van der Waals surface area (Å²) in [5.41, 5.74) is 6.13. The van der Waals surface area contributed by atoms with Crippen LogP contribution in [0.15, 0.2) is 24.3 Å². The summed E-state index contributed by atoms with van der Waals surface area (Å²) in [7, 11) is 0. The normalized spacial score (nSPS) is 9.56. The molecule has 0 bridgehead atoms. The molecule has 0 aromatic heterocycles. The summed E-state index contributed by atoms with van der Waals surface area (Å²) < 4.78 is 5.15. The summed E-state index contributed by atoms with van der Waals surface area (Å²) in [4.78, 5) is 21.6. The van der Waals surface area contributed by atoms with Crippen molar-refractivity contribution in [3.05, 3.63) is 29.8 Å². The van der Waals surface area contributed by atoms with E-state index in [0.29, 0.717) is 11.3 Å². The highest BCUT2D eigenvalue weighted by molar-refractivity contribution is 7.80. The maximum atomic E-state index is 11.2. The minimum Gasteiger partial charge on any atom is -0.484 e. The Bertz CT molecular complexity index is 459. The minimum atomic E-state index is -1.11. The Morgan fingerprint density at radius 2 is 1.94 bits per heavy atom. The van der Waals surface area contributed by atoms with E-state index in [9.17, 15) is 9.59 Å². The third-order valence-electron chi connectivity index (χ3n) is 1.95. The molecule has 1 aromatic rings. The number of hydrogen-bond donors (Lipinski definition) is 3. The fraction of sp³-hybridized carbons (Fsp3) is 0.182. The lowest BCUT2D eigenvalue weighted by atomic mass is 10.2. The number of aliphatic carboxylic acids is 1. The molecule has 0 aliphatic heterocycles. The van der Waals surface area contributed by atoms with Crippen molar-refractivity contribution < 1.29 is 19.4 Å². The van der Waals surface area contributed by atoms with Crippen LogP contribution in [-0.4, -0.2) is 35.1 Å². The highest BCUT2D eigenvalue weighted by Crippen LogP contribution is 2.11. The minimum absolute atomic E-state index is 0.250. The molecule has 18 heavy (non-hydrogen) atoms. The van der Waals surface area contributed by atoms with Crippen molar-refractivity contribution >= 4 is 29.1 Å². The van der Waals surface area contributed by atoms with Crippen LogP contribution in [0.1, 0.15) is 5.56 Å². The van der Waals surface area contributed by atoms with E-state index >= 15 is 0 Å². The van der Waals surface area contributed by atoms with Crippen LogP contribution in [-0.2, 0) is 9.59 Å². The quantitative estimate of drug-likeness (QED) is 0.623. The van der Waals surface area contributed by atoms with Crippen LogP contribution in [0, 0.1) is 0 Å². The van der Waals surface area contributed by atoms with Crippen LogP contribution < -0.4 is 15.8 Å². The molecule has 0 spiro atoms. The van der Waals surface area contributed by atoms with E-state index < -0.39 is 18.4 Å². The van der Waals surface area contributed by atoms with E-state index in [-0.39, 0.29) is 11.6 Å². The van der Waals surface area contributed by atoms with Crippen LogP contribution in [0.25, 0.3) is 0 Å². The van der Waals surface area contributed by atoms with Gasteiger partial charge in [0.15, 0.2) is 6.61 Å². The first kappa shape index (κ1) is 13.9. The Balaban J connectivity index is 2.41. The fourth-order valence-electron chi connectivity index (χ4n) is 1.09. The first-order chi connectivity index (χ1) is 8.49. The maximum Gasteiger partial charge on any atom is 0.322 e. The lowest BCUT2D eigenvalue weighted by Crippen LogP contribution is -2.33. The Hall–Kier alpha value is -2.15. The first-order valence-corrected chi connectivity index (χ1v) is 5.41. The molecule has 4 N–H and O–H groups in total. The van der Waals surface area contributed by atoms with Gasteiger partial charge in [0.25, 0.3) is 5.91 Å². The number of benzene rings is 1. The smallest absolute Gasteiger partial charge is 0.322 e. The van der Waals surface area contributed by atoms with E-state index in [1.807, 2.05) is 0 Å². The fourth-order valence-corrected chi connectivity index (χ4v) is 1.23. The van der Waals surface area contributed by atoms with Gasteiger partial charge < -0.3 is 20.9 Å². The Kier molecular flexibility index (Phi) is 5.06. The van der Waals surface area contributed by atoms with Gasteiger partial charge in [0.2, 0.25) is 0 Å². The number of amides is 1. The number of rotatable bonds is 6. The van der Waals surface area contributed by atoms with Crippen LogP contribution in [0.3, 0.4) is 0 Å². The van der Waals surface area contributed by atoms with Crippen molar-refractivity contribution in [1.29, 1.82) is 0 Å². The van der Waals surface area contributed by atoms with Gasteiger partial charge >= 0.3 is 5.97 Å². The second-order valence-electron chi connectivity index (χ2n) is 3.35. The van der Waals surface area contributed by atoms with Gasteiger partial charge in [0.1, 0.15) is 17.3 Å². The van der Waals surface area contributed by atoms with E-state index in [4.69, 9.17) is 27.8 Å². The van der Waals surface area contributed by atoms with Crippen molar-refractivity contribution in [3.8, 4) is 5.75 Å². The zero-order valence-electron chi connectivity index (χ0n) is 9.38. The second-order valence-corrected chi connectivity index (χ2v) is 3.79. The van der Waals surface area contributed by atoms with E-state index in [2.05, 4.69) is 5.32 Å². The number of carboxylic acids is 1. The van der Waals surface area contributed by atoms with Crippen LogP contribution >= 0.6 is 12.2 Å². The molecule has 1 aromatic carbocycles. The lowest BCUT2D eigenvalue weighted by molar-refractivity contribution is -0.138. The number of ether oxygens (including phenoxy) is 1. The number of carbonyl (C=O) groups excluding carboxylic acids is 1. The number of thiocarbonyl (C=S) groups is 1. The van der Waals surface area contributed by atoms with Crippen LogP contribution in [0.4, 0.5) is 0 Å². The van der Waals surface area contributed by atoms with E-state index in [1.165, 1.54) is 0 Å². The summed E-state index contributed by atoms with van der Waals surface area (Å²) in [5, 5.41) is 10.5. The highest BCUT2D eigenvalue weighted by Gasteiger charge is 2.05. The number of carbonyl (C=O) groups is 2. The zero-order valence-corrected chi connectivity index (χ0v) is 10.2. The molecule has 1 amide bonds. The standard InChI is InChI=1S/C11H12N2O4S/c12-11(18)7-1-3-8(4-2-7)17-6-9(14)13-5-10(15)16/h1-4H,5-6H2,(H2,12,18)(H,13,14)(H,15,16). The topological polar surface area (TPSA) is 102 Å². The third-order valence-corrected chi connectivity index (χ3v) is 2.18. The number of hydrogen-bond acceptors (Lipinski definition) is 4. The molecule has 0 aliphatic carbocycles. The average molecular weight is 268 g/mol. The highest BCUT2D eigenvalue weighted by atomic mass is 32.1. The molecule has 0 unspecified atom stereocenters. The molecular weight excluding hydrogens is 256 g/mol. The predicted octanol–water partition coefficient (Wildman–Crippen LogP) is -0.0996. The largest absolute Gasteiger partial charge is 0.484 e. The molecule has 0 atom stereocenters. The molecule has 6 nitrogen and oxygen atoms in total. The zero-order chi connectivity index (χ0) is 13.5. The van der Waals surface area contributed by atoms with Crippen LogP contribution in [0.5, 0.6) is 5.75 Å². The first-order valence-electron chi connectivity index (χ1n) is 5.00. The molecule has 96 valence electrons. The second kappa shape index (κ2) is 6.55. The summed E-state index contributed by atoms with van der Waals surface area (Å²) in [6, 6.07) is 6.59. The molecule has 7 heteroatoms. The number of nitrogens with two attached hydrogens (primary N) is 1. The van der Waals surface area contributed by atoms with Gasteiger partial charge in [-0.3, -0.25) is 9.59 Å². The molecule has 0 fully saturated rings. The van der Waals surface area contributed by atoms with Crippen molar-refractivity contribution in [3.63, 3.8) is 0 Å². The van der Waals surface area contributed by atoms with Crippen LogP contribution in [0.2, 0.25) is 0 Å². The molecule has 0 saturated carbocycles. The maximum absolute atomic E-state index is 11.2. The van der Waals surface area contributed by atoms with Gasteiger partial charge in [-0.2, -0.15) is 0 Å². The number of carboxylic acid groups (broad SMARTS) is 1. The molecule has 0 radical (unpaired) electrons. The van der Waals surface area contributed by atoms with Crippen molar-refractivity contribution in [2.75, 3.05) is 13.2 Å². The Morgan fingerprint density at radius 3 is 2.44 bits per heavy atom. The molecule has 0 aliphatic rings. The van der Waals surface area contributed by atoms with E-state index in [0.717, 1.165) is 0 Å². The molecular formula is C11H12N2O4S. The van der Waals surface area contributed by atoms with Gasteiger partial charge in [-0.1, -0.05) is 12.2 Å². The summed E-state index contributed by atoms with van der Waals surface area (Å²) in [6.07, 6.45) is 0. The van der Waals surface area contributed by atoms with Gasteiger partial charge in [-0.05, 0) is 24.3 Å². The average Bonchev–Trinajstić information content (AvgIpc) is 2.34. The monoisotopic (exact) mass is 268 g/mol. The Labute approximate surface area is 109 Å². The summed E-state index contributed by atoms with van der Waals surface area (Å²) >= 11 is 4.79. The lowest BCUT2D eigenvalue weighted by Gasteiger charge is -2.06. The van der Waals surface area contributed by atoms with Crippen molar-refractivity contribution in [2.45, 2.75) is 0 Å². The van der Waals surface area contributed by atoms with E-state index in [1.54, 1.807) is 24.3 Å². The van der Waals surface area contributed by atoms with Crippen molar-refractivity contribution in [1.82, 2.24) is 5.32 Å². The van der Waals surface area contributed by atoms with Gasteiger partial charge in [0.05, 0.1) is 0 Å². The van der Waals surface area contributed by atoms with Crippen molar-refractivity contribution in [2.24, 2.45) is 5.73 Å². The Morgan fingerprint density at radius 1 is 1.33 bits per heavy atom. The predicted molar refractivity (Wildman–Crippen MR) is 68.5 cm³/mol.